The number of hydrogen-bond acceptors (Lipinski definition) is 0. The van der Waals surface area contributed by atoms with E-state index >= 15 is 0 Å². The van der Waals surface area contributed by atoms with Crippen molar-refractivity contribution in [2.24, 2.45) is 0 Å². The van der Waals surface area contributed by atoms with E-state index in [2.05, 4.69) is 48.5 Å². The average Bonchev–Trinajstić information content (AvgIpc) is 2.45. The molecule has 2 radical (unpaired) electrons. The van der Waals surface area contributed by atoms with Crippen molar-refractivity contribution in [3.63, 3.8) is 0 Å². The largest absolute Gasteiger partial charge is 0.358 e. The van der Waals surface area contributed by atoms with Gasteiger partial charge in [0.25, 0.3) is 0 Å². The molecule has 0 unspecified atom stereocenters. The quantitative estimate of drug-likeness (QED) is 0.473. The molecule has 2 aromatic carbocycles. The van der Waals surface area contributed by atoms with Crippen molar-refractivity contribution in [2.75, 3.05) is 0 Å². The predicted molar refractivity (Wildman–Crippen MR) is 87.4 cm³/mol. The predicted octanol–water partition coefficient (Wildman–Crippen LogP) is 6.30. The van der Waals surface area contributed by atoms with E-state index in [1.165, 1.54) is 11.1 Å². The average molecular weight is 422 g/mol. The summed E-state index contributed by atoms with van der Waals surface area (Å²) in [5.74, 6) is 0. The van der Waals surface area contributed by atoms with Crippen molar-refractivity contribution in [2.45, 2.75) is 27.7 Å². The van der Waals surface area contributed by atoms with Crippen LogP contribution in [0.1, 0.15) is 27.7 Å². The zero-order valence-electron chi connectivity index (χ0n) is 13.9. The molecule has 0 saturated carbocycles. The second-order valence-corrected chi connectivity index (χ2v) is 2.73. The van der Waals surface area contributed by atoms with E-state index in [1.807, 2.05) is 39.8 Å². The summed E-state index contributed by atoms with van der Waals surface area (Å²) >= 11 is 0. The fraction of sp³-hybridized carbons (Fsp3) is 0.222. The number of benzene rings is 2. The summed E-state index contributed by atoms with van der Waals surface area (Å²) in [5, 5.41) is 0. The van der Waals surface area contributed by atoms with Crippen LogP contribution in [0.15, 0.2) is 60.7 Å². The van der Waals surface area contributed by atoms with Gasteiger partial charge in [-0.2, -0.15) is 0 Å². The molecule has 108 valence electrons. The summed E-state index contributed by atoms with van der Waals surface area (Å²) in [6.07, 6.45) is 0. The molecule has 0 bridgehead atoms. The van der Waals surface area contributed by atoms with Gasteiger partial charge in [-0.1, -0.05) is 88.4 Å². The third-order valence-corrected chi connectivity index (χ3v) is 1.88. The Bertz CT molecular complexity index is 307. The normalized spacial score (nSPS) is 6.40. The monoisotopic (exact) mass is 422 g/mol. The summed E-state index contributed by atoms with van der Waals surface area (Å²) in [5.41, 5.74) is 2.55. The number of rotatable bonds is 1. The van der Waals surface area contributed by atoms with Gasteiger partial charge in [0, 0.05) is 65.4 Å². The van der Waals surface area contributed by atoms with Crippen molar-refractivity contribution >= 4 is 0 Å². The minimum atomic E-state index is 0. The van der Waals surface area contributed by atoms with Gasteiger partial charge in [0.15, 0.2) is 0 Å². The van der Waals surface area contributed by atoms with Gasteiger partial charge in [-0.05, 0) is 11.1 Å². The van der Waals surface area contributed by atoms with Gasteiger partial charge in [-0.15, -0.1) is 0 Å². The molecule has 0 atom stereocenters. The standard InChI is InChI=1S/C12H10.2C2H6.2CH3.2Y/c1-3-7-11(8-4-1)12-9-5-2-6-10-12;2*1-2;;;;/h1-10H;2*1-2H3;2*1H3;;/q;;;2*-1;;. The van der Waals surface area contributed by atoms with Crippen LogP contribution in [-0.4, -0.2) is 0 Å². The SMILES string of the molecule is CC.CC.[CH3-].[CH3-].[Y].[Y].c1ccc(-c2ccccc2)cc1. The second-order valence-electron chi connectivity index (χ2n) is 2.73. The smallest absolute Gasteiger partial charge is 0 e. The first-order chi connectivity index (χ1) is 7.97. The number of hydrogen-bond donors (Lipinski definition) is 0. The molecule has 0 spiro atoms. The summed E-state index contributed by atoms with van der Waals surface area (Å²) < 4.78 is 0. The third kappa shape index (κ3) is 13.6. The molecule has 20 heavy (non-hydrogen) atoms. The summed E-state index contributed by atoms with van der Waals surface area (Å²) in [6, 6.07) is 20.8. The van der Waals surface area contributed by atoms with Gasteiger partial charge in [0.2, 0.25) is 0 Å². The van der Waals surface area contributed by atoms with E-state index in [0.29, 0.717) is 0 Å². The molecule has 0 heterocycles. The molecule has 0 N–H and O–H groups in total. The summed E-state index contributed by atoms with van der Waals surface area (Å²) in [7, 11) is 0. The molecule has 0 saturated heterocycles. The Hall–Kier alpha value is 0.648. The van der Waals surface area contributed by atoms with E-state index in [9.17, 15) is 0 Å². The van der Waals surface area contributed by atoms with E-state index in [-0.39, 0.29) is 80.3 Å². The van der Waals surface area contributed by atoms with E-state index in [1.54, 1.807) is 0 Å². The van der Waals surface area contributed by atoms with Crippen LogP contribution in [0.3, 0.4) is 0 Å². The Kier molecular flexibility index (Phi) is 40.1. The van der Waals surface area contributed by atoms with Crippen LogP contribution < -0.4 is 0 Å². The fourth-order valence-electron chi connectivity index (χ4n) is 1.26. The third-order valence-electron chi connectivity index (χ3n) is 1.88. The maximum atomic E-state index is 2.12. The zero-order chi connectivity index (χ0) is 12.2. The Morgan fingerprint density at radius 1 is 0.450 bits per heavy atom. The van der Waals surface area contributed by atoms with Gasteiger partial charge >= 0.3 is 0 Å². The first-order valence-electron chi connectivity index (χ1n) is 6.07. The van der Waals surface area contributed by atoms with Gasteiger partial charge in [0.1, 0.15) is 0 Å². The Morgan fingerprint density at radius 3 is 0.850 bits per heavy atom. The maximum Gasteiger partial charge on any atom is 0 e. The molecular formula is C18H28Y2-2. The molecule has 2 aromatic rings. The van der Waals surface area contributed by atoms with Crippen LogP contribution in [0.5, 0.6) is 0 Å². The van der Waals surface area contributed by atoms with Crippen LogP contribution >= 0.6 is 0 Å². The van der Waals surface area contributed by atoms with Crippen LogP contribution in [0.2, 0.25) is 0 Å². The van der Waals surface area contributed by atoms with Crippen LogP contribution in [0.4, 0.5) is 0 Å². The fourth-order valence-corrected chi connectivity index (χ4v) is 1.26. The summed E-state index contributed by atoms with van der Waals surface area (Å²) in [4.78, 5) is 0. The van der Waals surface area contributed by atoms with Gasteiger partial charge in [0.05, 0.1) is 0 Å². The minimum absolute atomic E-state index is 0. The van der Waals surface area contributed by atoms with Crippen LogP contribution in [0.25, 0.3) is 11.1 Å². The van der Waals surface area contributed by atoms with Crippen LogP contribution in [-0.2, 0) is 65.4 Å². The first-order valence-corrected chi connectivity index (χ1v) is 6.07. The Balaban J connectivity index is -0.0000000868. The summed E-state index contributed by atoms with van der Waals surface area (Å²) in [6.45, 7) is 8.00. The Labute approximate surface area is 177 Å². The first kappa shape index (κ1) is 32.6. The van der Waals surface area contributed by atoms with Crippen LogP contribution in [0, 0.1) is 14.9 Å². The molecular weight excluding hydrogens is 394 g/mol. The van der Waals surface area contributed by atoms with E-state index < -0.39 is 0 Å². The minimum Gasteiger partial charge on any atom is -0.358 e. The van der Waals surface area contributed by atoms with Crippen molar-refractivity contribution in [3.05, 3.63) is 75.5 Å². The van der Waals surface area contributed by atoms with Crippen molar-refractivity contribution in [1.82, 2.24) is 0 Å². The van der Waals surface area contributed by atoms with Gasteiger partial charge in [-0.25, -0.2) is 0 Å². The molecule has 0 aromatic heterocycles. The molecule has 0 fully saturated rings. The van der Waals surface area contributed by atoms with Crippen molar-refractivity contribution in [1.29, 1.82) is 0 Å². The molecule has 0 aliphatic rings. The van der Waals surface area contributed by atoms with Crippen molar-refractivity contribution < 1.29 is 65.4 Å². The second kappa shape index (κ2) is 24.7. The topological polar surface area (TPSA) is 0 Å². The molecule has 0 amide bonds. The van der Waals surface area contributed by atoms with E-state index in [0.717, 1.165) is 0 Å². The van der Waals surface area contributed by atoms with Crippen molar-refractivity contribution in [3.8, 4) is 11.1 Å². The molecule has 2 rings (SSSR count). The van der Waals surface area contributed by atoms with Gasteiger partial charge < -0.3 is 14.9 Å². The molecule has 0 aliphatic heterocycles. The van der Waals surface area contributed by atoms with E-state index in [4.69, 9.17) is 0 Å². The zero-order valence-corrected chi connectivity index (χ0v) is 19.6. The Morgan fingerprint density at radius 2 is 0.650 bits per heavy atom. The molecule has 0 nitrogen and oxygen atoms in total. The van der Waals surface area contributed by atoms with Gasteiger partial charge in [-0.3, -0.25) is 0 Å². The molecule has 0 aliphatic carbocycles. The maximum absolute atomic E-state index is 2.12. The molecule has 2 heteroatoms.